The maximum absolute atomic E-state index is 11.1. The van der Waals surface area contributed by atoms with E-state index in [0.717, 1.165) is 21.7 Å². The lowest BCUT2D eigenvalue weighted by atomic mass is 10.1. The standard InChI is InChI=1S/C23H21ClN2O2S2/c1-30-21-4-2-3-20(13-21)25-23(29)26(15-17-7-11-19(24)12-8-17)14-16-5-9-18(10-6-16)22(27)28/h2-13H,14-15H2,1H3,(H,25,29)(H,27,28). The minimum Gasteiger partial charge on any atom is -0.478 e. The number of thioether (sulfide) groups is 1. The van der Waals surface area contributed by atoms with E-state index >= 15 is 0 Å². The summed E-state index contributed by atoms with van der Waals surface area (Å²) < 4.78 is 0. The number of nitrogens with zero attached hydrogens (tertiary/aromatic N) is 1. The molecule has 4 nitrogen and oxygen atoms in total. The molecule has 0 aliphatic rings. The second kappa shape index (κ2) is 10.5. The first-order valence-electron chi connectivity index (χ1n) is 9.21. The molecule has 0 bridgehead atoms. The molecule has 0 unspecified atom stereocenters. The zero-order valence-electron chi connectivity index (χ0n) is 16.3. The molecule has 0 amide bonds. The number of anilines is 1. The van der Waals surface area contributed by atoms with Crippen LogP contribution >= 0.6 is 35.6 Å². The van der Waals surface area contributed by atoms with Gasteiger partial charge in [-0.05, 0) is 72.1 Å². The second-order valence-electron chi connectivity index (χ2n) is 6.65. The molecule has 0 saturated heterocycles. The summed E-state index contributed by atoms with van der Waals surface area (Å²) in [5.41, 5.74) is 3.23. The SMILES string of the molecule is CSc1cccc(NC(=S)N(Cc2ccc(Cl)cc2)Cc2ccc(C(=O)O)cc2)c1. The van der Waals surface area contributed by atoms with E-state index in [9.17, 15) is 4.79 Å². The molecule has 2 N–H and O–H groups in total. The third kappa shape index (κ3) is 6.23. The number of thiocarbonyl (C=S) groups is 1. The van der Waals surface area contributed by atoms with Crippen molar-refractivity contribution in [3.8, 4) is 0 Å². The first-order valence-corrected chi connectivity index (χ1v) is 11.2. The summed E-state index contributed by atoms with van der Waals surface area (Å²) in [6, 6.07) is 22.6. The first kappa shape index (κ1) is 22.2. The normalized spacial score (nSPS) is 10.5. The van der Waals surface area contributed by atoms with Crippen molar-refractivity contribution >= 4 is 52.3 Å². The van der Waals surface area contributed by atoms with Crippen molar-refractivity contribution in [1.82, 2.24) is 4.90 Å². The van der Waals surface area contributed by atoms with Gasteiger partial charge >= 0.3 is 5.97 Å². The van der Waals surface area contributed by atoms with Gasteiger partial charge in [0.1, 0.15) is 0 Å². The predicted octanol–water partition coefficient (Wildman–Crippen LogP) is 6.16. The van der Waals surface area contributed by atoms with Crippen LogP contribution in [0.4, 0.5) is 5.69 Å². The Balaban J connectivity index is 1.80. The van der Waals surface area contributed by atoms with Crippen LogP contribution in [0.15, 0.2) is 77.7 Å². The number of carboxylic acid groups (broad SMARTS) is 1. The number of carbonyl (C=O) groups is 1. The maximum Gasteiger partial charge on any atom is 0.335 e. The molecule has 30 heavy (non-hydrogen) atoms. The van der Waals surface area contributed by atoms with E-state index in [2.05, 4.69) is 11.4 Å². The highest BCUT2D eigenvalue weighted by atomic mass is 35.5. The van der Waals surface area contributed by atoms with Crippen LogP contribution in [-0.2, 0) is 13.1 Å². The molecule has 0 heterocycles. The minimum atomic E-state index is -0.939. The average molecular weight is 457 g/mol. The van der Waals surface area contributed by atoms with Crippen LogP contribution in [0.5, 0.6) is 0 Å². The average Bonchev–Trinajstić information content (AvgIpc) is 2.75. The smallest absolute Gasteiger partial charge is 0.335 e. The first-order chi connectivity index (χ1) is 14.4. The van der Waals surface area contributed by atoms with Gasteiger partial charge in [-0.15, -0.1) is 11.8 Å². The topological polar surface area (TPSA) is 52.6 Å². The molecule has 3 aromatic rings. The molecule has 3 rings (SSSR count). The van der Waals surface area contributed by atoms with E-state index in [1.54, 1.807) is 23.9 Å². The van der Waals surface area contributed by atoms with Gasteiger partial charge in [0.2, 0.25) is 0 Å². The fourth-order valence-electron chi connectivity index (χ4n) is 2.89. The number of nitrogens with one attached hydrogen (secondary N) is 1. The van der Waals surface area contributed by atoms with Crippen molar-refractivity contribution in [3.05, 3.63) is 94.5 Å². The van der Waals surface area contributed by atoms with Crippen LogP contribution < -0.4 is 5.32 Å². The summed E-state index contributed by atoms with van der Waals surface area (Å²) >= 11 is 13.4. The van der Waals surface area contributed by atoms with E-state index in [4.69, 9.17) is 28.9 Å². The maximum atomic E-state index is 11.1. The van der Waals surface area contributed by atoms with Gasteiger partial charge in [0.15, 0.2) is 5.11 Å². The van der Waals surface area contributed by atoms with Crippen molar-refractivity contribution in [1.29, 1.82) is 0 Å². The van der Waals surface area contributed by atoms with Crippen LogP contribution in [0, 0.1) is 0 Å². The Labute approximate surface area is 190 Å². The molecule has 0 saturated carbocycles. The summed E-state index contributed by atoms with van der Waals surface area (Å²) in [5.74, 6) is -0.939. The third-order valence-corrected chi connectivity index (χ3v) is 5.81. The number of benzene rings is 3. The Morgan fingerprint density at radius 3 is 2.20 bits per heavy atom. The Morgan fingerprint density at radius 1 is 1.03 bits per heavy atom. The minimum absolute atomic E-state index is 0.262. The van der Waals surface area contributed by atoms with Gasteiger partial charge in [0.25, 0.3) is 0 Å². The highest BCUT2D eigenvalue weighted by Crippen LogP contribution is 2.21. The fourth-order valence-corrected chi connectivity index (χ4v) is 3.72. The molecular formula is C23H21ClN2O2S2. The van der Waals surface area contributed by atoms with Gasteiger partial charge < -0.3 is 15.3 Å². The molecule has 0 aliphatic heterocycles. The Morgan fingerprint density at radius 2 is 1.63 bits per heavy atom. The molecule has 0 radical (unpaired) electrons. The fraction of sp³-hybridized carbons (Fsp3) is 0.130. The quantitative estimate of drug-likeness (QED) is 0.328. The highest BCUT2D eigenvalue weighted by Gasteiger charge is 2.13. The second-order valence-corrected chi connectivity index (χ2v) is 8.35. The molecule has 0 fully saturated rings. The van der Waals surface area contributed by atoms with Crippen molar-refractivity contribution in [2.45, 2.75) is 18.0 Å². The zero-order chi connectivity index (χ0) is 21.5. The molecule has 0 spiro atoms. The summed E-state index contributed by atoms with van der Waals surface area (Å²) in [4.78, 5) is 14.3. The molecule has 154 valence electrons. The number of carboxylic acids is 1. The summed E-state index contributed by atoms with van der Waals surface area (Å²) in [6.07, 6.45) is 2.03. The largest absolute Gasteiger partial charge is 0.478 e. The van der Waals surface area contributed by atoms with Gasteiger partial charge in [-0.25, -0.2) is 4.79 Å². The molecule has 0 aliphatic carbocycles. The van der Waals surface area contributed by atoms with Crippen LogP contribution in [0.1, 0.15) is 21.5 Å². The lowest BCUT2D eigenvalue weighted by molar-refractivity contribution is 0.0697. The number of hydrogen-bond acceptors (Lipinski definition) is 3. The predicted molar refractivity (Wildman–Crippen MR) is 129 cm³/mol. The van der Waals surface area contributed by atoms with Crippen LogP contribution in [0.3, 0.4) is 0 Å². The van der Waals surface area contributed by atoms with Gasteiger partial charge in [-0.1, -0.05) is 41.9 Å². The number of rotatable bonds is 7. The van der Waals surface area contributed by atoms with E-state index in [0.29, 0.717) is 23.2 Å². The Bertz CT molecular complexity index is 1020. The third-order valence-electron chi connectivity index (χ3n) is 4.47. The van der Waals surface area contributed by atoms with Crippen molar-refractivity contribution in [3.63, 3.8) is 0 Å². The Hall–Kier alpha value is -2.54. The van der Waals surface area contributed by atoms with E-state index < -0.39 is 5.97 Å². The lowest BCUT2D eigenvalue weighted by Crippen LogP contribution is -2.33. The Kier molecular flexibility index (Phi) is 7.74. The molecule has 3 aromatic carbocycles. The number of aromatic carboxylic acids is 1. The van der Waals surface area contributed by atoms with Crippen LogP contribution in [0.25, 0.3) is 0 Å². The molecule has 7 heteroatoms. The van der Waals surface area contributed by atoms with Crippen molar-refractivity contribution in [2.75, 3.05) is 11.6 Å². The van der Waals surface area contributed by atoms with Gasteiger partial charge in [0, 0.05) is 28.7 Å². The van der Waals surface area contributed by atoms with E-state index in [1.807, 2.05) is 65.8 Å². The zero-order valence-corrected chi connectivity index (χ0v) is 18.7. The number of hydrogen-bond donors (Lipinski definition) is 2. The van der Waals surface area contributed by atoms with Crippen LogP contribution in [-0.4, -0.2) is 27.3 Å². The number of halogens is 1. The van der Waals surface area contributed by atoms with Crippen LogP contribution in [0.2, 0.25) is 5.02 Å². The monoisotopic (exact) mass is 456 g/mol. The van der Waals surface area contributed by atoms with Gasteiger partial charge in [0.05, 0.1) is 5.56 Å². The summed E-state index contributed by atoms with van der Waals surface area (Å²) in [5, 5.41) is 13.7. The summed E-state index contributed by atoms with van der Waals surface area (Å²) in [6.45, 7) is 1.13. The van der Waals surface area contributed by atoms with Crippen molar-refractivity contribution in [2.24, 2.45) is 0 Å². The summed E-state index contributed by atoms with van der Waals surface area (Å²) in [7, 11) is 0. The highest BCUT2D eigenvalue weighted by molar-refractivity contribution is 7.98. The molecule has 0 aromatic heterocycles. The van der Waals surface area contributed by atoms with Gasteiger partial charge in [-0.2, -0.15) is 0 Å². The molecule has 0 atom stereocenters. The van der Waals surface area contributed by atoms with Gasteiger partial charge in [-0.3, -0.25) is 0 Å². The molecular weight excluding hydrogens is 436 g/mol. The lowest BCUT2D eigenvalue weighted by Gasteiger charge is -2.26. The van der Waals surface area contributed by atoms with Crippen molar-refractivity contribution < 1.29 is 9.90 Å². The van der Waals surface area contributed by atoms with E-state index in [1.165, 1.54) is 0 Å². The van der Waals surface area contributed by atoms with E-state index in [-0.39, 0.29) is 5.56 Å².